The molecule has 5 heteroatoms. The van der Waals surface area contributed by atoms with Gasteiger partial charge < -0.3 is 0 Å². The van der Waals surface area contributed by atoms with Gasteiger partial charge in [0.05, 0.1) is 11.1 Å². The minimum absolute atomic E-state index is 0.509. The molecule has 0 atom stereocenters. The van der Waals surface area contributed by atoms with E-state index in [4.69, 9.17) is 0 Å². The standard InChI is InChI=1S/C10H18.C8H3F2NO2/c1-9(2)8-4-6-10(9,3)7-5-8;9-3-1-2-4(10)6-5(3)7(12)11-8(6)13/h8H,4-7H2,1-3H3;1-2H,(H,11,12,13). The predicted molar refractivity (Wildman–Crippen MR) is 82.0 cm³/mol. The van der Waals surface area contributed by atoms with Crippen LogP contribution in [0, 0.1) is 28.4 Å². The molecule has 0 unspecified atom stereocenters. The molecule has 3 nitrogen and oxygen atoms in total. The predicted octanol–water partition coefficient (Wildman–Crippen LogP) is 4.07. The number of carbonyl (C=O) groups is 2. The van der Waals surface area contributed by atoms with Crippen LogP contribution in [-0.4, -0.2) is 11.8 Å². The van der Waals surface area contributed by atoms with Crippen LogP contribution in [0.15, 0.2) is 12.1 Å². The van der Waals surface area contributed by atoms with Crippen LogP contribution >= 0.6 is 0 Å². The zero-order valence-corrected chi connectivity index (χ0v) is 13.6. The highest BCUT2D eigenvalue weighted by Crippen LogP contribution is 2.65. The van der Waals surface area contributed by atoms with E-state index in [1.165, 1.54) is 25.7 Å². The zero-order chi connectivity index (χ0) is 17.0. The molecule has 2 amide bonds. The SMILES string of the molecule is CC12CCC(CC1)C2(C)C.O=C1NC(=O)c2c(F)ccc(F)c21. The van der Waals surface area contributed by atoms with Crippen LogP contribution in [-0.2, 0) is 0 Å². The Balaban J connectivity index is 0.000000140. The Morgan fingerprint density at radius 1 is 0.957 bits per heavy atom. The van der Waals surface area contributed by atoms with E-state index in [0.29, 0.717) is 10.8 Å². The number of imide groups is 1. The molecular formula is C18H21F2NO2. The van der Waals surface area contributed by atoms with E-state index in [2.05, 4.69) is 20.8 Å². The van der Waals surface area contributed by atoms with Gasteiger partial charge in [-0.3, -0.25) is 14.9 Å². The van der Waals surface area contributed by atoms with Crippen molar-refractivity contribution in [2.24, 2.45) is 16.7 Å². The molecule has 1 N–H and O–H groups in total. The Hall–Kier alpha value is -1.78. The number of hydrogen-bond donors (Lipinski definition) is 1. The Morgan fingerprint density at radius 2 is 1.39 bits per heavy atom. The lowest BCUT2D eigenvalue weighted by atomic mass is 9.71. The molecule has 2 bridgehead atoms. The molecule has 2 fully saturated rings. The fourth-order valence-electron chi connectivity index (χ4n) is 4.34. The van der Waals surface area contributed by atoms with Crippen LogP contribution in [0.25, 0.3) is 0 Å². The number of nitrogens with one attached hydrogen (secondary N) is 1. The Labute approximate surface area is 134 Å². The summed E-state index contributed by atoms with van der Waals surface area (Å²) in [5.74, 6) is -2.51. The Morgan fingerprint density at radius 3 is 1.65 bits per heavy atom. The van der Waals surface area contributed by atoms with Crippen molar-refractivity contribution in [3.8, 4) is 0 Å². The monoisotopic (exact) mass is 321 g/mol. The number of carbonyl (C=O) groups excluding carboxylic acids is 2. The van der Waals surface area contributed by atoms with Gasteiger partial charge in [-0.1, -0.05) is 20.8 Å². The van der Waals surface area contributed by atoms with Gasteiger partial charge in [0.25, 0.3) is 11.8 Å². The summed E-state index contributed by atoms with van der Waals surface area (Å²) in [4.78, 5) is 21.8. The van der Waals surface area contributed by atoms with Gasteiger partial charge in [-0.15, -0.1) is 0 Å². The van der Waals surface area contributed by atoms with Crippen molar-refractivity contribution in [3.05, 3.63) is 34.9 Å². The third-order valence-electron chi connectivity index (χ3n) is 6.45. The molecule has 4 rings (SSSR count). The molecule has 1 aromatic carbocycles. The first-order valence-corrected chi connectivity index (χ1v) is 8.01. The fraction of sp³-hybridized carbons (Fsp3) is 0.556. The number of fused-ring (bicyclic) bond motifs is 3. The van der Waals surface area contributed by atoms with Crippen LogP contribution in [0.4, 0.5) is 8.78 Å². The van der Waals surface area contributed by atoms with Gasteiger partial charge in [0.15, 0.2) is 0 Å². The second-order valence-electron chi connectivity index (χ2n) is 7.62. The van der Waals surface area contributed by atoms with E-state index in [9.17, 15) is 18.4 Å². The minimum Gasteiger partial charge on any atom is -0.288 e. The molecule has 124 valence electrons. The highest BCUT2D eigenvalue weighted by atomic mass is 19.1. The molecule has 1 aliphatic heterocycles. The highest BCUT2D eigenvalue weighted by molar-refractivity contribution is 6.21. The average Bonchev–Trinajstić information content (AvgIpc) is 2.99. The molecule has 1 aromatic rings. The van der Waals surface area contributed by atoms with Crippen LogP contribution in [0.2, 0.25) is 0 Å². The van der Waals surface area contributed by atoms with Crippen LogP contribution < -0.4 is 5.32 Å². The van der Waals surface area contributed by atoms with Crippen molar-refractivity contribution in [1.82, 2.24) is 5.32 Å². The lowest BCUT2D eigenvalue weighted by Crippen LogP contribution is -2.26. The summed E-state index contributed by atoms with van der Waals surface area (Å²) in [6, 6.07) is 1.62. The Bertz CT molecular complexity index is 647. The molecule has 0 spiro atoms. The number of halogens is 2. The van der Waals surface area contributed by atoms with Gasteiger partial charge in [0.2, 0.25) is 0 Å². The fourth-order valence-corrected chi connectivity index (χ4v) is 4.34. The summed E-state index contributed by atoms with van der Waals surface area (Å²) < 4.78 is 25.8. The number of benzene rings is 1. The highest BCUT2D eigenvalue weighted by Gasteiger charge is 2.55. The first-order valence-electron chi connectivity index (χ1n) is 8.01. The summed E-state index contributed by atoms with van der Waals surface area (Å²) in [6.07, 6.45) is 5.99. The van der Waals surface area contributed by atoms with E-state index in [1.54, 1.807) is 5.32 Å². The second kappa shape index (κ2) is 5.11. The maximum Gasteiger partial charge on any atom is 0.262 e. The van der Waals surface area contributed by atoms with Gasteiger partial charge in [0.1, 0.15) is 11.6 Å². The lowest BCUT2D eigenvalue weighted by molar-refractivity contribution is 0.0877. The van der Waals surface area contributed by atoms with E-state index in [-0.39, 0.29) is 0 Å². The largest absolute Gasteiger partial charge is 0.288 e. The van der Waals surface area contributed by atoms with Gasteiger partial charge in [-0.2, -0.15) is 0 Å². The molecule has 2 aliphatic carbocycles. The van der Waals surface area contributed by atoms with Gasteiger partial charge in [-0.25, -0.2) is 8.78 Å². The van der Waals surface area contributed by atoms with Gasteiger partial charge >= 0.3 is 0 Å². The minimum atomic E-state index is -0.892. The molecular weight excluding hydrogens is 300 g/mol. The van der Waals surface area contributed by atoms with Crippen molar-refractivity contribution >= 4 is 11.8 Å². The summed E-state index contributed by atoms with van der Waals surface area (Å²) in [5, 5.41) is 1.81. The smallest absolute Gasteiger partial charge is 0.262 e. The van der Waals surface area contributed by atoms with E-state index >= 15 is 0 Å². The molecule has 23 heavy (non-hydrogen) atoms. The summed E-state index contributed by atoms with van der Waals surface area (Å²) in [6.45, 7) is 7.43. The summed E-state index contributed by atoms with van der Waals surface area (Å²) >= 11 is 0. The van der Waals surface area contributed by atoms with Crippen molar-refractivity contribution < 1.29 is 18.4 Å². The third-order valence-corrected chi connectivity index (χ3v) is 6.45. The third kappa shape index (κ3) is 2.28. The van der Waals surface area contributed by atoms with Crippen molar-refractivity contribution in [3.63, 3.8) is 0 Å². The molecule has 0 saturated heterocycles. The Kier molecular flexibility index (Phi) is 3.58. The van der Waals surface area contributed by atoms with Crippen LogP contribution in [0.3, 0.4) is 0 Å². The lowest BCUT2D eigenvalue weighted by Gasteiger charge is -2.34. The van der Waals surface area contributed by atoms with E-state index < -0.39 is 34.6 Å². The average molecular weight is 321 g/mol. The molecule has 1 heterocycles. The maximum atomic E-state index is 12.9. The molecule has 3 aliphatic rings. The quantitative estimate of drug-likeness (QED) is 0.732. The number of rotatable bonds is 0. The molecule has 0 aromatic heterocycles. The van der Waals surface area contributed by atoms with E-state index in [0.717, 1.165) is 18.1 Å². The topological polar surface area (TPSA) is 46.2 Å². The van der Waals surface area contributed by atoms with Crippen molar-refractivity contribution in [2.45, 2.75) is 46.5 Å². The van der Waals surface area contributed by atoms with Crippen LogP contribution in [0.5, 0.6) is 0 Å². The van der Waals surface area contributed by atoms with Gasteiger partial charge in [-0.05, 0) is 54.6 Å². The summed E-state index contributed by atoms with van der Waals surface area (Å²) in [7, 11) is 0. The maximum absolute atomic E-state index is 12.9. The molecule has 0 radical (unpaired) electrons. The van der Waals surface area contributed by atoms with Crippen molar-refractivity contribution in [2.75, 3.05) is 0 Å². The normalized spacial score (nSPS) is 29.9. The first-order chi connectivity index (χ1) is 10.7. The van der Waals surface area contributed by atoms with Crippen LogP contribution in [0.1, 0.15) is 67.2 Å². The molecule has 2 saturated carbocycles. The second-order valence-corrected chi connectivity index (χ2v) is 7.62. The van der Waals surface area contributed by atoms with Crippen molar-refractivity contribution in [1.29, 1.82) is 0 Å². The number of amides is 2. The number of hydrogen-bond acceptors (Lipinski definition) is 2. The van der Waals surface area contributed by atoms with E-state index in [1.807, 2.05) is 0 Å². The summed E-state index contributed by atoms with van der Waals surface area (Å²) in [5.41, 5.74) is 0.347. The first kappa shape index (κ1) is 16.1. The zero-order valence-electron chi connectivity index (χ0n) is 13.6. The van der Waals surface area contributed by atoms with Gasteiger partial charge in [0, 0.05) is 0 Å².